The number of nitrogens with one attached hydrogen (secondary N) is 1. The zero-order valence-electron chi connectivity index (χ0n) is 17.1. The first-order chi connectivity index (χ1) is 14.6. The number of carbonyl (C=O) groups excluding carboxylic acids is 1. The number of carboxylic acid groups (broad SMARTS) is 1. The molecule has 2 heterocycles. The van der Waals surface area contributed by atoms with E-state index in [0.29, 0.717) is 18.7 Å². The lowest BCUT2D eigenvalue weighted by atomic mass is 9.94. The molecule has 4 rings (SSSR count). The summed E-state index contributed by atoms with van der Waals surface area (Å²) in [4.78, 5) is 22.6. The molecule has 160 valence electrons. The van der Waals surface area contributed by atoms with Gasteiger partial charge in [-0.25, -0.2) is 0 Å². The Kier molecular flexibility index (Phi) is 7.43. The Bertz CT molecular complexity index is 862. The number of amides is 1. The Balaban J connectivity index is 0.000000806. The average Bonchev–Trinajstić information content (AvgIpc) is 3.29. The van der Waals surface area contributed by atoms with Crippen LogP contribution in [0.15, 0.2) is 42.5 Å². The second kappa shape index (κ2) is 10.2. The van der Waals surface area contributed by atoms with E-state index in [2.05, 4.69) is 10.2 Å². The maximum Gasteiger partial charge on any atom is 0.290 e. The fourth-order valence-electron chi connectivity index (χ4n) is 4.01. The second-order valence-electron chi connectivity index (χ2n) is 7.36. The summed E-state index contributed by atoms with van der Waals surface area (Å²) >= 11 is 0. The van der Waals surface area contributed by atoms with E-state index >= 15 is 0 Å². The first-order valence-electron chi connectivity index (χ1n) is 10.2. The zero-order valence-corrected chi connectivity index (χ0v) is 17.1. The third kappa shape index (κ3) is 4.80. The molecule has 1 amide bonds. The summed E-state index contributed by atoms with van der Waals surface area (Å²) in [5.41, 5.74) is 3.55. The van der Waals surface area contributed by atoms with E-state index < -0.39 is 6.10 Å². The highest BCUT2D eigenvalue weighted by Gasteiger charge is 2.34. The Labute approximate surface area is 176 Å². The van der Waals surface area contributed by atoms with Crippen LogP contribution in [-0.2, 0) is 4.79 Å². The summed E-state index contributed by atoms with van der Waals surface area (Å²) < 4.78 is 6.01. The van der Waals surface area contributed by atoms with Crippen LogP contribution < -0.4 is 10.1 Å². The fourth-order valence-corrected chi connectivity index (χ4v) is 4.01. The van der Waals surface area contributed by atoms with E-state index in [1.807, 2.05) is 49.4 Å². The van der Waals surface area contributed by atoms with Crippen molar-refractivity contribution in [1.82, 2.24) is 10.2 Å². The SMILES string of the molecule is CCNC(=O)c1ccc(-c2ccc3c(c2)OC[C@@H](N2CCCC2)[C@@H]3O)cc1.O=CO. The molecule has 3 N–H and O–H groups in total. The lowest BCUT2D eigenvalue weighted by molar-refractivity contribution is -0.122. The zero-order chi connectivity index (χ0) is 21.5. The number of fused-ring (bicyclic) bond motifs is 1. The maximum absolute atomic E-state index is 11.9. The van der Waals surface area contributed by atoms with Gasteiger partial charge in [-0.1, -0.05) is 24.3 Å². The van der Waals surface area contributed by atoms with Gasteiger partial charge in [0.15, 0.2) is 0 Å². The van der Waals surface area contributed by atoms with Crippen molar-refractivity contribution in [2.24, 2.45) is 0 Å². The van der Waals surface area contributed by atoms with Crippen LogP contribution in [0.1, 0.15) is 41.8 Å². The van der Waals surface area contributed by atoms with Gasteiger partial charge < -0.3 is 20.3 Å². The maximum atomic E-state index is 11.9. The van der Waals surface area contributed by atoms with Crippen molar-refractivity contribution in [1.29, 1.82) is 0 Å². The lowest BCUT2D eigenvalue weighted by Gasteiger charge is -2.36. The lowest BCUT2D eigenvalue weighted by Crippen LogP contribution is -2.44. The van der Waals surface area contributed by atoms with Crippen LogP contribution in [0.4, 0.5) is 0 Å². The summed E-state index contributed by atoms with van der Waals surface area (Å²) in [5, 5.41) is 20.5. The largest absolute Gasteiger partial charge is 0.491 e. The first-order valence-corrected chi connectivity index (χ1v) is 10.2. The number of aliphatic hydroxyl groups is 1. The number of hydrogen-bond donors (Lipinski definition) is 3. The van der Waals surface area contributed by atoms with Crippen molar-refractivity contribution in [2.45, 2.75) is 31.9 Å². The number of nitrogens with zero attached hydrogens (tertiary/aromatic N) is 1. The monoisotopic (exact) mass is 412 g/mol. The van der Waals surface area contributed by atoms with Crippen LogP contribution in [0.2, 0.25) is 0 Å². The molecule has 2 aliphatic rings. The van der Waals surface area contributed by atoms with Crippen LogP contribution in [0, 0.1) is 0 Å². The quantitative estimate of drug-likeness (QED) is 0.668. The van der Waals surface area contributed by atoms with E-state index in [4.69, 9.17) is 14.6 Å². The number of hydrogen-bond acceptors (Lipinski definition) is 5. The predicted molar refractivity (Wildman–Crippen MR) is 114 cm³/mol. The number of rotatable bonds is 4. The summed E-state index contributed by atoms with van der Waals surface area (Å²) in [5.74, 6) is 0.692. The molecular formula is C23H28N2O5. The Hall–Kier alpha value is -2.90. The molecule has 2 atom stereocenters. The van der Waals surface area contributed by atoms with Crippen LogP contribution >= 0.6 is 0 Å². The third-order valence-electron chi connectivity index (χ3n) is 5.53. The molecule has 2 aromatic rings. The van der Waals surface area contributed by atoms with Gasteiger partial charge in [0.05, 0.1) is 6.04 Å². The molecule has 2 aromatic carbocycles. The third-order valence-corrected chi connectivity index (χ3v) is 5.53. The molecule has 0 aliphatic carbocycles. The average molecular weight is 412 g/mol. The van der Waals surface area contributed by atoms with Crippen LogP contribution in [0.25, 0.3) is 11.1 Å². The van der Waals surface area contributed by atoms with E-state index in [9.17, 15) is 9.90 Å². The van der Waals surface area contributed by atoms with Gasteiger partial charge in [-0.3, -0.25) is 14.5 Å². The van der Waals surface area contributed by atoms with Crippen molar-refractivity contribution in [3.63, 3.8) is 0 Å². The molecular weight excluding hydrogens is 384 g/mol. The predicted octanol–water partition coefficient (Wildman–Crippen LogP) is 2.69. The molecule has 1 saturated heterocycles. The highest BCUT2D eigenvalue weighted by molar-refractivity contribution is 5.94. The Morgan fingerprint density at radius 1 is 1.17 bits per heavy atom. The van der Waals surface area contributed by atoms with Gasteiger partial charge in [0.1, 0.15) is 18.5 Å². The van der Waals surface area contributed by atoms with Crippen LogP contribution in [-0.4, -0.2) is 59.8 Å². The van der Waals surface area contributed by atoms with Gasteiger partial charge in [-0.05, 0) is 62.2 Å². The molecule has 7 heteroatoms. The van der Waals surface area contributed by atoms with Gasteiger partial charge in [-0.15, -0.1) is 0 Å². The van der Waals surface area contributed by atoms with Gasteiger partial charge in [-0.2, -0.15) is 0 Å². The molecule has 0 bridgehead atoms. The molecule has 0 aromatic heterocycles. The standard InChI is InChI=1S/C22H26N2O3.CH2O2/c1-2-23-22(26)16-7-5-15(6-8-16)17-9-10-18-20(13-17)27-14-19(21(18)25)24-11-3-4-12-24;2-1-3/h5-10,13,19,21,25H,2-4,11-12,14H2,1H3,(H,23,26);1H,(H,2,3)/t19-,21-;/m1./s1. The minimum absolute atomic E-state index is 0.0437. The number of benzene rings is 2. The van der Waals surface area contributed by atoms with Crippen molar-refractivity contribution in [3.8, 4) is 16.9 Å². The van der Waals surface area contributed by atoms with Crippen molar-refractivity contribution < 1.29 is 24.5 Å². The van der Waals surface area contributed by atoms with Crippen molar-refractivity contribution in [2.75, 3.05) is 26.2 Å². The smallest absolute Gasteiger partial charge is 0.290 e. The van der Waals surface area contributed by atoms with E-state index in [0.717, 1.165) is 35.5 Å². The first kappa shape index (κ1) is 21.8. The fraction of sp³-hybridized carbons (Fsp3) is 0.391. The van der Waals surface area contributed by atoms with E-state index in [-0.39, 0.29) is 18.4 Å². The van der Waals surface area contributed by atoms with Crippen molar-refractivity contribution >= 4 is 12.4 Å². The summed E-state index contributed by atoms with van der Waals surface area (Å²) in [6.45, 7) is 4.87. The number of aliphatic hydroxyl groups excluding tert-OH is 1. The van der Waals surface area contributed by atoms with E-state index in [1.165, 1.54) is 12.8 Å². The van der Waals surface area contributed by atoms with Gasteiger partial charge in [0.25, 0.3) is 12.4 Å². The minimum Gasteiger partial charge on any atom is -0.491 e. The normalized spacial score (nSPS) is 20.3. The number of ether oxygens (including phenoxy) is 1. The molecule has 2 aliphatic heterocycles. The Morgan fingerprint density at radius 2 is 1.80 bits per heavy atom. The van der Waals surface area contributed by atoms with Crippen molar-refractivity contribution in [3.05, 3.63) is 53.6 Å². The molecule has 30 heavy (non-hydrogen) atoms. The van der Waals surface area contributed by atoms with E-state index in [1.54, 1.807) is 0 Å². The molecule has 0 saturated carbocycles. The number of carbonyl (C=O) groups is 2. The van der Waals surface area contributed by atoms with Gasteiger partial charge in [0, 0.05) is 17.7 Å². The number of likely N-dealkylation sites (tertiary alicyclic amines) is 1. The van der Waals surface area contributed by atoms with Crippen LogP contribution in [0.5, 0.6) is 5.75 Å². The Morgan fingerprint density at radius 3 is 2.43 bits per heavy atom. The molecule has 1 fully saturated rings. The molecule has 0 radical (unpaired) electrons. The van der Waals surface area contributed by atoms with Gasteiger partial charge >= 0.3 is 0 Å². The minimum atomic E-state index is -0.513. The highest BCUT2D eigenvalue weighted by Crippen LogP contribution is 2.38. The summed E-state index contributed by atoms with van der Waals surface area (Å²) in [6.07, 6.45) is 1.88. The molecule has 0 spiro atoms. The topological polar surface area (TPSA) is 99.1 Å². The highest BCUT2D eigenvalue weighted by atomic mass is 16.5. The van der Waals surface area contributed by atoms with Gasteiger partial charge in [0.2, 0.25) is 0 Å². The van der Waals surface area contributed by atoms with Crippen LogP contribution in [0.3, 0.4) is 0 Å². The summed E-state index contributed by atoms with van der Waals surface area (Å²) in [6, 6.07) is 13.6. The second-order valence-corrected chi connectivity index (χ2v) is 7.36. The summed E-state index contributed by atoms with van der Waals surface area (Å²) in [7, 11) is 0. The molecule has 7 nitrogen and oxygen atoms in total. The molecule has 0 unspecified atom stereocenters.